The summed E-state index contributed by atoms with van der Waals surface area (Å²) in [4.78, 5) is 48.4. The molecule has 8 heteroatoms. The number of carbonyl (C=O) groups is 3. The van der Waals surface area contributed by atoms with Crippen LogP contribution in [-0.2, 0) is 19.1 Å². The van der Waals surface area contributed by atoms with Crippen LogP contribution in [0, 0.1) is 11.8 Å². The summed E-state index contributed by atoms with van der Waals surface area (Å²) in [6, 6.07) is 8.67. The Labute approximate surface area is 231 Å². The average Bonchev–Trinajstić information content (AvgIpc) is 3.21. The molecule has 0 saturated carbocycles. The van der Waals surface area contributed by atoms with Gasteiger partial charge in [0.2, 0.25) is 17.7 Å². The van der Waals surface area contributed by atoms with Gasteiger partial charge in [0.15, 0.2) is 0 Å². The standard InChI is InChI=1S/C31H41N3O5/c1-4-13-22(3)32-19-12-17-31-25(28(37)34(18-9-10-21-35)26(31)29(32)38)24-27(36)33(23-14-7-6-8-15-23)20-11-16-30(24,5-2)39-31/h6-8,11-12,14-17,22,24-26,35H,4-5,9-10,13,18-21H2,1-3H3/t22?,24-,25+,26?,30+,31+/m1/s1. The van der Waals surface area contributed by atoms with Crippen LogP contribution in [0.1, 0.15) is 52.9 Å². The molecule has 4 aliphatic rings. The van der Waals surface area contributed by atoms with Crippen molar-refractivity contribution in [2.75, 3.05) is 31.1 Å². The van der Waals surface area contributed by atoms with E-state index < -0.39 is 29.1 Å². The molecule has 6 atom stereocenters. The summed E-state index contributed by atoms with van der Waals surface area (Å²) in [5.41, 5.74) is -1.46. The van der Waals surface area contributed by atoms with E-state index in [-0.39, 0.29) is 30.4 Å². The lowest BCUT2D eigenvalue weighted by atomic mass is 9.73. The molecule has 4 heterocycles. The van der Waals surface area contributed by atoms with Crippen LogP contribution in [0.25, 0.3) is 0 Å². The smallest absolute Gasteiger partial charge is 0.249 e. The molecule has 5 rings (SSSR count). The third kappa shape index (κ3) is 4.32. The summed E-state index contributed by atoms with van der Waals surface area (Å²) in [7, 11) is 0. The number of benzene rings is 1. The third-order valence-electron chi connectivity index (χ3n) is 9.08. The van der Waals surface area contributed by atoms with E-state index in [4.69, 9.17) is 4.74 Å². The highest BCUT2D eigenvalue weighted by Crippen LogP contribution is 2.58. The molecule has 39 heavy (non-hydrogen) atoms. The van der Waals surface area contributed by atoms with Gasteiger partial charge in [0, 0.05) is 38.0 Å². The number of anilines is 1. The molecule has 2 saturated heterocycles. The van der Waals surface area contributed by atoms with Gasteiger partial charge in [-0.2, -0.15) is 0 Å². The number of nitrogens with zero attached hydrogens (tertiary/aromatic N) is 3. The Morgan fingerprint density at radius 2 is 1.72 bits per heavy atom. The zero-order valence-electron chi connectivity index (χ0n) is 23.3. The first-order valence-electron chi connectivity index (χ1n) is 14.5. The lowest BCUT2D eigenvalue weighted by molar-refractivity contribution is -0.153. The molecule has 1 aromatic carbocycles. The number of hydrogen-bond donors (Lipinski definition) is 1. The highest BCUT2D eigenvalue weighted by molar-refractivity contribution is 6.04. The van der Waals surface area contributed by atoms with E-state index in [1.165, 1.54) is 0 Å². The van der Waals surface area contributed by atoms with Crippen molar-refractivity contribution in [2.24, 2.45) is 11.8 Å². The number of hydrogen-bond acceptors (Lipinski definition) is 5. The summed E-state index contributed by atoms with van der Waals surface area (Å²) in [6.07, 6.45) is 11.2. The minimum atomic E-state index is -1.24. The predicted octanol–water partition coefficient (Wildman–Crippen LogP) is 3.31. The number of para-hydroxylation sites is 1. The maximum atomic E-state index is 14.4. The van der Waals surface area contributed by atoms with Crippen LogP contribution in [0.5, 0.6) is 0 Å². The van der Waals surface area contributed by atoms with Gasteiger partial charge < -0.3 is 24.5 Å². The van der Waals surface area contributed by atoms with Gasteiger partial charge in [0.05, 0.1) is 17.4 Å². The average molecular weight is 536 g/mol. The second kappa shape index (κ2) is 10.9. The number of rotatable bonds is 9. The van der Waals surface area contributed by atoms with E-state index in [2.05, 4.69) is 13.8 Å². The molecule has 2 fully saturated rings. The minimum absolute atomic E-state index is 0.0119. The Kier molecular flexibility index (Phi) is 7.71. The second-order valence-corrected chi connectivity index (χ2v) is 11.3. The largest absolute Gasteiger partial charge is 0.396 e. The van der Waals surface area contributed by atoms with Crippen LogP contribution in [0.4, 0.5) is 5.69 Å². The van der Waals surface area contributed by atoms with E-state index >= 15 is 0 Å². The lowest BCUT2D eigenvalue weighted by Crippen LogP contribution is -2.57. The first-order chi connectivity index (χ1) is 18.8. The van der Waals surface area contributed by atoms with Crippen molar-refractivity contribution >= 4 is 23.4 Å². The van der Waals surface area contributed by atoms with Crippen LogP contribution >= 0.6 is 0 Å². The molecule has 1 N–H and O–H groups in total. The number of likely N-dealkylation sites (tertiary alicyclic amines) is 1. The fourth-order valence-corrected chi connectivity index (χ4v) is 7.22. The van der Waals surface area contributed by atoms with Crippen LogP contribution in [0.3, 0.4) is 0 Å². The number of amides is 3. The van der Waals surface area contributed by atoms with Gasteiger partial charge in [-0.05, 0) is 44.7 Å². The molecule has 4 aliphatic heterocycles. The maximum Gasteiger partial charge on any atom is 0.249 e. The number of carbonyl (C=O) groups excluding carboxylic acids is 3. The molecule has 0 bridgehead atoms. The Bertz CT molecular complexity index is 1150. The van der Waals surface area contributed by atoms with Crippen molar-refractivity contribution in [3.05, 3.63) is 54.6 Å². The number of fused-ring (bicyclic) bond motifs is 2. The molecule has 1 aromatic rings. The van der Waals surface area contributed by atoms with Crippen molar-refractivity contribution in [1.82, 2.24) is 9.80 Å². The highest BCUT2D eigenvalue weighted by atomic mass is 16.5. The van der Waals surface area contributed by atoms with Gasteiger partial charge in [-0.3, -0.25) is 14.4 Å². The van der Waals surface area contributed by atoms with Crippen LogP contribution in [0.2, 0.25) is 0 Å². The van der Waals surface area contributed by atoms with Crippen molar-refractivity contribution in [1.29, 1.82) is 0 Å². The molecular weight excluding hydrogens is 494 g/mol. The van der Waals surface area contributed by atoms with Crippen molar-refractivity contribution in [3.8, 4) is 0 Å². The molecule has 8 nitrogen and oxygen atoms in total. The predicted molar refractivity (Wildman–Crippen MR) is 149 cm³/mol. The Morgan fingerprint density at radius 1 is 0.974 bits per heavy atom. The van der Waals surface area contributed by atoms with Gasteiger partial charge in [-0.15, -0.1) is 0 Å². The van der Waals surface area contributed by atoms with Gasteiger partial charge >= 0.3 is 0 Å². The molecule has 0 aromatic heterocycles. The normalized spacial score (nSPS) is 32.7. The number of aliphatic hydroxyl groups excluding tert-OH is 1. The minimum Gasteiger partial charge on any atom is -0.396 e. The summed E-state index contributed by atoms with van der Waals surface area (Å²) < 4.78 is 7.02. The molecular formula is C31H41N3O5. The number of unbranched alkanes of at least 4 members (excludes halogenated alkanes) is 1. The molecule has 1 spiro atoms. The van der Waals surface area contributed by atoms with Crippen molar-refractivity contribution in [3.63, 3.8) is 0 Å². The fourth-order valence-electron chi connectivity index (χ4n) is 7.22. The van der Waals surface area contributed by atoms with E-state index in [9.17, 15) is 19.5 Å². The zero-order valence-corrected chi connectivity index (χ0v) is 23.3. The van der Waals surface area contributed by atoms with Gasteiger partial charge in [-0.25, -0.2) is 0 Å². The first-order valence-corrected chi connectivity index (χ1v) is 14.5. The summed E-state index contributed by atoms with van der Waals surface area (Å²) in [5, 5.41) is 9.42. The SMILES string of the molecule is CCCC(C)N1CC=C[C@]23O[C@@]4(CC)C=CCN(c5ccccc5)C(=O)[C@H]4[C@H]2C(=O)N(CCCCO)C3C1=O. The molecule has 0 radical (unpaired) electrons. The maximum absolute atomic E-state index is 14.4. The zero-order chi connectivity index (χ0) is 27.8. The van der Waals surface area contributed by atoms with Gasteiger partial charge in [0.1, 0.15) is 11.6 Å². The topological polar surface area (TPSA) is 90.4 Å². The summed E-state index contributed by atoms with van der Waals surface area (Å²) >= 11 is 0. The molecule has 2 unspecified atom stereocenters. The van der Waals surface area contributed by atoms with Gasteiger partial charge in [-0.1, -0.05) is 62.8 Å². The fraction of sp³-hybridized carbons (Fsp3) is 0.581. The van der Waals surface area contributed by atoms with E-state index in [1.54, 1.807) is 9.80 Å². The summed E-state index contributed by atoms with van der Waals surface area (Å²) in [6.45, 7) is 7.31. The second-order valence-electron chi connectivity index (χ2n) is 11.3. The molecule has 210 valence electrons. The Hall–Kier alpha value is -2.97. The van der Waals surface area contributed by atoms with Gasteiger partial charge in [0.25, 0.3) is 0 Å². The van der Waals surface area contributed by atoms with E-state index in [1.807, 2.05) is 66.5 Å². The van der Waals surface area contributed by atoms with E-state index in [0.717, 1.165) is 18.5 Å². The number of ether oxygens (including phenoxy) is 1. The quantitative estimate of drug-likeness (QED) is 0.387. The molecule has 0 aliphatic carbocycles. The lowest BCUT2D eigenvalue weighted by Gasteiger charge is -2.39. The van der Waals surface area contributed by atoms with Crippen LogP contribution in [0.15, 0.2) is 54.6 Å². The first kappa shape index (κ1) is 27.6. The Balaban J connectivity index is 1.62. The summed E-state index contributed by atoms with van der Waals surface area (Å²) in [5.74, 6) is -2.07. The van der Waals surface area contributed by atoms with Crippen LogP contribution < -0.4 is 4.90 Å². The third-order valence-corrected chi connectivity index (χ3v) is 9.08. The monoisotopic (exact) mass is 535 g/mol. The molecule has 3 amide bonds. The number of aliphatic hydroxyl groups is 1. The van der Waals surface area contributed by atoms with Crippen LogP contribution in [-0.4, -0.2) is 82.2 Å². The van der Waals surface area contributed by atoms with Crippen molar-refractivity contribution in [2.45, 2.75) is 76.2 Å². The van der Waals surface area contributed by atoms with E-state index in [0.29, 0.717) is 38.9 Å². The van der Waals surface area contributed by atoms with Crippen molar-refractivity contribution < 1.29 is 24.2 Å². The highest BCUT2D eigenvalue weighted by Gasteiger charge is 2.75. The Morgan fingerprint density at radius 3 is 2.41 bits per heavy atom.